The zero-order chi connectivity index (χ0) is 20.8. The zero-order valence-electron chi connectivity index (χ0n) is 16.8. The standard InChI is InChI=1S/C27H23PS2/c1-30-27(29)26(22-14-6-2-7-15-22)28(23-16-8-3-9-17-23,24-18-10-4-11-19-24)25-20-12-5-13-21-25/h2-21H,1H3/b27-26+. The smallest absolute Gasteiger partial charge is 0.143 e. The quantitative estimate of drug-likeness (QED) is 0.257. The predicted molar refractivity (Wildman–Crippen MR) is 139 cm³/mol. The van der Waals surface area contributed by atoms with Gasteiger partial charge < -0.3 is 12.6 Å². The van der Waals surface area contributed by atoms with Crippen LogP contribution in [0.1, 0.15) is 5.56 Å². The van der Waals surface area contributed by atoms with Gasteiger partial charge in [0.25, 0.3) is 0 Å². The molecule has 0 amide bonds. The van der Waals surface area contributed by atoms with Gasteiger partial charge in [0.05, 0.1) is 0 Å². The average molecular weight is 443 g/mol. The van der Waals surface area contributed by atoms with Crippen molar-refractivity contribution in [2.24, 2.45) is 0 Å². The van der Waals surface area contributed by atoms with E-state index in [1.54, 1.807) is 11.8 Å². The van der Waals surface area contributed by atoms with Crippen molar-refractivity contribution in [3.05, 3.63) is 131 Å². The van der Waals surface area contributed by atoms with Crippen LogP contribution in [0.15, 0.2) is 126 Å². The Morgan fingerprint density at radius 1 is 0.567 bits per heavy atom. The molecule has 0 aliphatic rings. The zero-order valence-corrected chi connectivity index (χ0v) is 19.3. The van der Waals surface area contributed by atoms with Gasteiger partial charge in [-0.05, 0) is 42.7 Å². The number of benzene rings is 4. The average Bonchev–Trinajstić information content (AvgIpc) is 2.84. The summed E-state index contributed by atoms with van der Waals surface area (Å²) in [5.41, 5.74) is 1.20. The number of hydrogen-bond donors (Lipinski definition) is 0. The Bertz CT molecular complexity index is 1010. The van der Waals surface area contributed by atoms with Gasteiger partial charge in [0.1, 0.15) is 28.5 Å². The van der Waals surface area contributed by atoms with Crippen LogP contribution >= 0.6 is 19.0 Å². The molecule has 148 valence electrons. The summed E-state index contributed by atoms with van der Waals surface area (Å²) in [7, 11) is -2.20. The Labute approximate surface area is 189 Å². The van der Waals surface area contributed by atoms with Crippen molar-refractivity contribution in [1.82, 2.24) is 0 Å². The summed E-state index contributed by atoms with van der Waals surface area (Å²) in [5, 5.41) is 5.21. The Morgan fingerprint density at radius 3 is 1.23 bits per heavy atom. The van der Waals surface area contributed by atoms with Crippen molar-refractivity contribution >= 4 is 52.9 Å². The summed E-state index contributed by atoms with van der Waals surface area (Å²) in [6.07, 6.45) is 2.08. The van der Waals surface area contributed by atoms with Gasteiger partial charge in [-0.25, -0.2) is 0 Å². The number of hydrogen-bond acceptors (Lipinski definition) is 2. The molecule has 0 heterocycles. The molecule has 0 saturated heterocycles. The van der Waals surface area contributed by atoms with E-state index in [1.165, 1.54) is 26.8 Å². The largest absolute Gasteiger partial charge is 0.769 e. The number of rotatable bonds is 6. The Morgan fingerprint density at radius 2 is 0.900 bits per heavy atom. The summed E-state index contributed by atoms with van der Waals surface area (Å²) in [6.45, 7) is 0. The van der Waals surface area contributed by atoms with Crippen molar-refractivity contribution in [2.45, 2.75) is 0 Å². The molecule has 3 heteroatoms. The molecule has 0 nitrogen and oxygen atoms in total. The molecule has 0 fully saturated rings. The molecule has 0 N–H and O–H groups in total. The maximum absolute atomic E-state index is 6.06. The third-order valence-corrected chi connectivity index (χ3v) is 11.1. The molecule has 0 aliphatic carbocycles. The molecule has 4 aromatic carbocycles. The molecule has 0 unspecified atom stereocenters. The highest BCUT2D eigenvalue weighted by Gasteiger charge is 2.50. The lowest BCUT2D eigenvalue weighted by molar-refractivity contribution is 1.64. The molecule has 0 bridgehead atoms. The van der Waals surface area contributed by atoms with Crippen LogP contribution in [0, 0.1) is 0 Å². The lowest BCUT2D eigenvalue weighted by atomic mass is 10.2. The second-order valence-corrected chi connectivity index (χ2v) is 11.7. The van der Waals surface area contributed by atoms with Gasteiger partial charge in [0.15, 0.2) is 0 Å². The minimum atomic E-state index is -2.20. The maximum atomic E-state index is 6.06. The van der Waals surface area contributed by atoms with Crippen LogP contribution in [0.25, 0.3) is 5.31 Å². The highest BCUT2D eigenvalue weighted by atomic mass is 32.2. The summed E-state index contributed by atoms with van der Waals surface area (Å²) in [4.78, 5) is 0. The molecule has 0 aromatic heterocycles. The molecular formula is C27H23PS2. The molecule has 0 aliphatic heterocycles. The van der Waals surface area contributed by atoms with Crippen LogP contribution in [0.2, 0.25) is 0 Å². The normalized spacial score (nSPS) is 12.3. The van der Waals surface area contributed by atoms with Crippen molar-refractivity contribution in [3.63, 3.8) is 0 Å². The van der Waals surface area contributed by atoms with E-state index in [4.69, 9.17) is 12.6 Å². The minimum absolute atomic E-state index is 0.950. The summed E-state index contributed by atoms with van der Waals surface area (Å²) in [5.74, 6) is 0. The highest BCUT2D eigenvalue weighted by Crippen LogP contribution is 2.67. The SMILES string of the molecule is CS/C([S-])=C(\c1ccccc1)[P+](c1ccccc1)(c1ccccc1)c1ccccc1. The van der Waals surface area contributed by atoms with E-state index in [2.05, 4.69) is 128 Å². The summed E-state index contributed by atoms with van der Waals surface area (Å²) in [6, 6.07) is 43.3. The first-order valence-electron chi connectivity index (χ1n) is 9.85. The molecule has 30 heavy (non-hydrogen) atoms. The van der Waals surface area contributed by atoms with E-state index in [0.29, 0.717) is 0 Å². The topological polar surface area (TPSA) is 0 Å². The van der Waals surface area contributed by atoms with Gasteiger partial charge in [-0.1, -0.05) is 89.2 Å². The van der Waals surface area contributed by atoms with Gasteiger partial charge in [-0.2, -0.15) is 11.8 Å². The fourth-order valence-corrected chi connectivity index (χ4v) is 9.79. The van der Waals surface area contributed by atoms with Gasteiger partial charge in [-0.3, -0.25) is 0 Å². The summed E-state index contributed by atoms with van der Waals surface area (Å²) < 4.78 is 0.950. The Hall–Kier alpha value is -2.38. The first kappa shape index (κ1) is 20.9. The molecule has 0 spiro atoms. The summed E-state index contributed by atoms with van der Waals surface area (Å²) >= 11 is 7.72. The second-order valence-electron chi connectivity index (χ2n) is 6.88. The van der Waals surface area contributed by atoms with Crippen LogP contribution < -0.4 is 15.9 Å². The van der Waals surface area contributed by atoms with Crippen molar-refractivity contribution in [2.75, 3.05) is 6.26 Å². The van der Waals surface area contributed by atoms with E-state index in [-0.39, 0.29) is 0 Å². The van der Waals surface area contributed by atoms with E-state index in [9.17, 15) is 0 Å². The second kappa shape index (κ2) is 9.62. The van der Waals surface area contributed by atoms with Crippen molar-refractivity contribution in [1.29, 1.82) is 0 Å². The van der Waals surface area contributed by atoms with Crippen LogP contribution in [0.4, 0.5) is 0 Å². The lowest BCUT2D eigenvalue weighted by Crippen LogP contribution is -2.32. The number of thioether (sulfide) groups is 1. The molecule has 0 saturated carbocycles. The highest BCUT2D eigenvalue weighted by molar-refractivity contribution is 8.13. The van der Waals surface area contributed by atoms with E-state index < -0.39 is 7.26 Å². The van der Waals surface area contributed by atoms with Gasteiger partial charge in [0.2, 0.25) is 0 Å². The van der Waals surface area contributed by atoms with Gasteiger partial charge >= 0.3 is 0 Å². The van der Waals surface area contributed by atoms with Gasteiger partial charge in [0, 0.05) is 5.56 Å². The molecular weight excluding hydrogens is 419 g/mol. The minimum Gasteiger partial charge on any atom is -0.769 e. The molecule has 0 radical (unpaired) electrons. The maximum Gasteiger partial charge on any atom is 0.143 e. The van der Waals surface area contributed by atoms with Crippen LogP contribution in [-0.2, 0) is 12.6 Å². The van der Waals surface area contributed by atoms with Crippen molar-refractivity contribution in [3.8, 4) is 0 Å². The van der Waals surface area contributed by atoms with Crippen LogP contribution in [-0.4, -0.2) is 6.26 Å². The van der Waals surface area contributed by atoms with E-state index in [0.717, 1.165) is 4.24 Å². The van der Waals surface area contributed by atoms with Crippen molar-refractivity contribution < 1.29 is 0 Å². The first-order chi connectivity index (χ1) is 14.8. The Kier molecular flexibility index (Phi) is 6.69. The predicted octanol–water partition coefficient (Wildman–Crippen LogP) is 6.22. The molecule has 0 atom stereocenters. The van der Waals surface area contributed by atoms with E-state index >= 15 is 0 Å². The molecule has 4 rings (SSSR count). The first-order valence-corrected chi connectivity index (χ1v) is 13.3. The van der Waals surface area contributed by atoms with Gasteiger partial charge in [-0.15, -0.1) is 0 Å². The lowest BCUT2D eigenvalue weighted by Gasteiger charge is -2.33. The van der Waals surface area contributed by atoms with Crippen LogP contribution in [0.5, 0.6) is 0 Å². The fourth-order valence-electron chi connectivity index (χ4n) is 3.93. The molecule has 4 aromatic rings. The fraction of sp³-hybridized carbons (Fsp3) is 0.0370. The third kappa shape index (κ3) is 3.84. The Balaban J connectivity index is 2.20. The monoisotopic (exact) mass is 442 g/mol. The third-order valence-electron chi connectivity index (χ3n) is 5.19. The van der Waals surface area contributed by atoms with E-state index in [1.807, 2.05) is 0 Å². The van der Waals surface area contributed by atoms with Crippen LogP contribution in [0.3, 0.4) is 0 Å².